The van der Waals surface area contributed by atoms with Crippen LogP contribution in [0.1, 0.15) is 62.1 Å². The summed E-state index contributed by atoms with van der Waals surface area (Å²) < 4.78 is 1.88. The molecular formula is C19H24BrN3O3S. The second-order valence-corrected chi connectivity index (χ2v) is 7.90. The van der Waals surface area contributed by atoms with Crippen molar-refractivity contribution in [2.45, 2.75) is 56.9 Å². The molecule has 146 valence electrons. The van der Waals surface area contributed by atoms with E-state index in [-0.39, 0.29) is 28.5 Å². The van der Waals surface area contributed by atoms with Crippen molar-refractivity contribution >= 4 is 34.5 Å². The van der Waals surface area contributed by atoms with E-state index < -0.39 is 5.75 Å². The SMILES string of the molecule is Br.Oc1ccc(/C=N/n2c(C3CC3)csc2=NC2CCCCC2)c(O)c1O. The molecule has 1 heterocycles. The monoisotopic (exact) mass is 453 g/mol. The lowest BCUT2D eigenvalue weighted by molar-refractivity contribution is 0.367. The lowest BCUT2D eigenvalue weighted by Gasteiger charge is -2.16. The van der Waals surface area contributed by atoms with Gasteiger partial charge in [-0.2, -0.15) is 5.10 Å². The molecule has 2 fully saturated rings. The third-order valence-electron chi connectivity index (χ3n) is 5.05. The number of phenols is 3. The van der Waals surface area contributed by atoms with Crippen molar-refractivity contribution in [2.75, 3.05) is 0 Å². The summed E-state index contributed by atoms with van der Waals surface area (Å²) in [6.07, 6.45) is 9.87. The third-order valence-corrected chi connectivity index (χ3v) is 5.90. The van der Waals surface area contributed by atoms with Crippen LogP contribution in [0.15, 0.2) is 27.6 Å². The van der Waals surface area contributed by atoms with Crippen LogP contribution in [-0.2, 0) is 0 Å². The van der Waals surface area contributed by atoms with Crippen molar-refractivity contribution in [1.82, 2.24) is 4.68 Å². The molecule has 0 aliphatic heterocycles. The molecule has 0 radical (unpaired) electrons. The Bertz CT molecular complexity index is 896. The lowest BCUT2D eigenvalue weighted by atomic mass is 9.96. The second kappa shape index (κ2) is 8.48. The maximum absolute atomic E-state index is 10.00. The molecule has 3 N–H and O–H groups in total. The first-order chi connectivity index (χ1) is 12.6. The summed E-state index contributed by atoms with van der Waals surface area (Å²) in [4.78, 5) is 5.82. The fourth-order valence-corrected chi connectivity index (χ4v) is 4.33. The van der Waals surface area contributed by atoms with Crippen LogP contribution in [0.2, 0.25) is 0 Å². The Morgan fingerprint density at radius 3 is 2.44 bits per heavy atom. The summed E-state index contributed by atoms with van der Waals surface area (Å²) in [5.41, 5.74) is 1.51. The summed E-state index contributed by atoms with van der Waals surface area (Å²) >= 11 is 1.61. The zero-order valence-electron chi connectivity index (χ0n) is 14.9. The van der Waals surface area contributed by atoms with E-state index in [1.165, 1.54) is 50.5 Å². The quantitative estimate of drug-likeness (QED) is 0.477. The number of aromatic hydroxyl groups is 3. The predicted molar refractivity (Wildman–Crippen MR) is 111 cm³/mol. The minimum absolute atomic E-state index is 0. The van der Waals surface area contributed by atoms with Gasteiger partial charge >= 0.3 is 0 Å². The van der Waals surface area contributed by atoms with E-state index in [9.17, 15) is 15.3 Å². The Labute approximate surface area is 172 Å². The van der Waals surface area contributed by atoms with Gasteiger partial charge in [-0.15, -0.1) is 28.3 Å². The molecule has 0 atom stereocenters. The van der Waals surface area contributed by atoms with E-state index in [4.69, 9.17) is 4.99 Å². The number of hydrogen-bond acceptors (Lipinski definition) is 6. The Morgan fingerprint density at radius 2 is 1.74 bits per heavy atom. The van der Waals surface area contributed by atoms with E-state index in [0.29, 0.717) is 17.5 Å². The van der Waals surface area contributed by atoms with Crippen LogP contribution >= 0.6 is 28.3 Å². The van der Waals surface area contributed by atoms with Gasteiger partial charge in [0.2, 0.25) is 10.6 Å². The molecule has 0 unspecified atom stereocenters. The van der Waals surface area contributed by atoms with Gasteiger partial charge in [0, 0.05) is 16.9 Å². The number of halogens is 1. The molecule has 8 heteroatoms. The van der Waals surface area contributed by atoms with Gasteiger partial charge in [0.05, 0.1) is 18.0 Å². The highest BCUT2D eigenvalue weighted by atomic mass is 79.9. The van der Waals surface area contributed by atoms with E-state index in [1.807, 2.05) is 4.68 Å². The van der Waals surface area contributed by atoms with Crippen molar-refractivity contribution in [2.24, 2.45) is 10.1 Å². The topological polar surface area (TPSA) is 90.3 Å². The predicted octanol–water partition coefficient (Wildman–Crippen LogP) is 4.24. The van der Waals surface area contributed by atoms with Gasteiger partial charge in [-0.3, -0.25) is 4.99 Å². The first kappa shape index (κ1) is 19.9. The second-order valence-electron chi connectivity index (χ2n) is 7.07. The van der Waals surface area contributed by atoms with Gasteiger partial charge in [0.25, 0.3) is 0 Å². The van der Waals surface area contributed by atoms with Crippen LogP contribution in [0.25, 0.3) is 0 Å². The number of hydrogen-bond donors (Lipinski definition) is 3. The highest BCUT2D eigenvalue weighted by molar-refractivity contribution is 8.93. The number of nitrogens with zero attached hydrogens (tertiary/aromatic N) is 3. The van der Waals surface area contributed by atoms with Crippen LogP contribution in [0.5, 0.6) is 17.2 Å². The molecule has 2 saturated carbocycles. The average molecular weight is 454 g/mol. The Hall–Kier alpha value is -1.80. The van der Waals surface area contributed by atoms with E-state index in [2.05, 4.69) is 10.5 Å². The van der Waals surface area contributed by atoms with Crippen molar-refractivity contribution in [1.29, 1.82) is 0 Å². The van der Waals surface area contributed by atoms with Crippen LogP contribution < -0.4 is 4.80 Å². The largest absolute Gasteiger partial charge is 0.504 e. The third kappa shape index (κ3) is 4.38. The molecule has 2 aliphatic rings. The summed E-state index contributed by atoms with van der Waals surface area (Å²) in [6.45, 7) is 0. The molecule has 0 amide bonds. The number of rotatable bonds is 4. The van der Waals surface area contributed by atoms with Crippen molar-refractivity contribution in [3.8, 4) is 17.2 Å². The molecule has 2 aliphatic carbocycles. The van der Waals surface area contributed by atoms with E-state index >= 15 is 0 Å². The first-order valence-electron chi connectivity index (χ1n) is 9.16. The van der Waals surface area contributed by atoms with Crippen molar-refractivity contribution < 1.29 is 15.3 Å². The molecule has 2 aromatic rings. The minimum atomic E-state index is -0.529. The Morgan fingerprint density at radius 1 is 1.00 bits per heavy atom. The summed E-state index contributed by atoms with van der Waals surface area (Å²) in [5, 5.41) is 35.8. The van der Waals surface area contributed by atoms with Crippen LogP contribution in [0.4, 0.5) is 0 Å². The normalized spacial score (nSPS) is 18.7. The van der Waals surface area contributed by atoms with Crippen LogP contribution in [-0.4, -0.2) is 32.3 Å². The van der Waals surface area contributed by atoms with Crippen molar-refractivity contribution in [3.63, 3.8) is 0 Å². The molecule has 0 saturated heterocycles. The van der Waals surface area contributed by atoms with Crippen molar-refractivity contribution in [3.05, 3.63) is 33.6 Å². The van der Waals surface area contributed by atoms with Gasteiger partial charge in [-0.05, 0) is 37.8 Å². The maximum atomic E-state index is 10.00. The van der Waals surface area contributed by atoms with Gasteiger partial charge < -0.3 is 15.3 Å². The molecule has 1 aromatic carbocycles. The number of phenolic OH excluding ortho intramolecular Hbond substituents is 3. The molecule has 6 nitrogen and oxygen atoms in total. The van der Waals surface area contributed by atoms with Gasteiger partial charge in [0.15, 0.2) is 11.5 Å². The highest BCUT2D eigenvalue weighted by Gasteiger charge is 2.28. The summed E-state index contributed by atoms with van der Waals surface area (Å²) in [6, 6.07) is 3.22. The van der Waals surface area contributed by atoms with Crippen LogP contribution in [0, 0.1) is 0 Å². The average Bonchev–Trinajstić information content (AvgIpc) is 3.42. The standard InChI is InChI=1S/C19H23N3O3S.BrH/c23-16-9-8-13(17(24)18(16)25)10-20-22-15(12-6-7-12)11-26-19(22)21-14-4-2-1-3-5-14;/h8-12,14,23-25H,1-7H2;1H/b20-10+,21-19?;. The number of thiazole rings is 1. The zero-order chi connectivity index (χ0) is 18.1. The van der Waals surface area contributed by atoms with E-state index in [0.717, 1.165) is 23.3 Å². The molecule has 0 spiro atoms. The molecule has 27 heavy (non-hydrogen) atoms. The lowest BCUT2D eigenvalue weighted by Crippen LogP contribution is -2.19. The molecule has 1 aromatic heterocycles. The Kier molecular flexibility index (Phi) is 6.26. The highest BCUT2D eigenvalue weighted by Crippen LogP contribution is 2.40. The minimum Gasteiger partial charge on any atom is -0.504 e. The van der Waals surface area contributed by atoms with Crippen LogP contribution in [0.3, 0.4) is 0 Å². The summed E-state index contributed by atoms with van der Waals surface area (Å²) in [7, 11) is 0. The van der Waals surface area contributed by atoms with Gasteiger partial charge in [0.1, 0.15) is 0 Å². The number of aromatic nitrogens is 1. The Balaban J connectivity index is 0.00000210. The zero-order valence-corrected chi connectivity index (χ0v) is 17.4. The molecule has 4 rings (SSSR count). The molecule has 0 bridgehead atoms. The fourth-order valence-electron chi connectivity index (χ4n) is 3.35. The van der Waals surface area contributed by atoms with Gasteiger partial charge in [-0.1, -0.05) is 19.3 Å². The maximum Gasteiger partial charge on any atom is 0.206 e. The molecular weight excluding hydrogens is 430 g/mol. The van der Waals surface area contributed by atoms with E-state index in [1.54, 1.807) is 11.3 Å². The smallest absolute Gasteiger partial charge is 0.206 e. The summed E-state index contributed by atoms with van der Waals surface area (Å²) in [5.74, 6) is -0.725. The first-order valence-corrected chi connectivity index (χ1v) is 10.0. The fraction of sp³-hybridized carbons (Fsp3) is 0.474. The number of benzene rings is 1. The van der Waals surface area contributed by atoms with Gasteiger partial charge in [-0.25, -0.2) is 4.68 Å².